The van der Waals surface area contributed by atoms with Crippen molar-refractivity contribution < 1.29 is 13.2 Å². The molecule has 1 heterocycles. The summed E-state index contributed by atoms with van der Waals surface area (Å²) in [5.41, 5.74) is 0. The molecule has 6 heteroatoms. The van der Waals surface area contributed by atoms with Crippen LogP contribution in [0, 0.1) is 11.8 Å². The number of nitrogens with zero attached hydrogens (tertiary/aromatic N) is 2. The molecule has 0 aromatic rings. The Balaban J connectivity index is 1.59. The van der Waals surface area contributed by atoms with E-state index in [9.17, 15) is 13.2 Å². The van der Waals surface area contributed by atoms with Crippen molar-refractivity contribution in [3.05, 3.63) is 0 Å². The zero-order valence-electron chi connectivity index (χ0n) is 15.8. The smallest absolute Gasteiger partial charge is 0.226 e. The van der Waals surface area contributed by atoms with Gasteiger partial charge in [-0.15, -0.1) is 0 Å². The Labute approximate surface area is 153 Å². The molecule has 0 atom stereocenters. The van der Waals surface area contributed by atoms with Crippen LogP contribution in [0.25, 0.3) is 0 Å². The van der Waals surface area contributed by atoms with Crippen molar-refractivity contribution in [1.29, 1.82) is 0 Å². The van der Waals surface area contributed by atoms with Crippen LogP contribution in [0.3, 0.4) is 0 Å². The van der Waals surface area contributed by atoms with Crippen LogP contribution < -0.4 is 0 Å². The molecule has 0 spiro atoms. The van der Waals surface area contributed by atoms with Gasteiger partial charge in [0.05, 0.1) is 5.75 Å². The maximum atomic E-state index is 13.2. The van der Waals surface area contributed by atoms with Crippen LogP contribution in [0.2, 0.25) is 0 Å². The van der Waals surface area contributed by atoms with E-state index >= 15 is 0 Å². The minimum atomic E-state index is -3.12. The van der Waals surface area contributed by atoms with Gasteiger partial charge in [0, 0.05) is 31.1 Å². The van der Waals surface area contributed by atoms with Crippen molar-refractivity contribution in [3.63, 3.8) is 0 Å². The molecule has 25 heavy (non-hydrogen) atoms. The molecule has 0 bridgehead atoms. The predicted octanol–water partition coefficient (Wildman–Crippen LogP) is 3.01. The van der Waals surface area contributed by atoms with E-state index in [2.05, 4.69) is 11.8 Å². The lowest BCUT2D eigenvalue weighted by molar-refractivity contribution is -0.140. The molecule has 0 N–H and O–H groups in total. The van der Waals surface area contributed by atoms with Crippen LogP contribution in [-0.4, -0.2) is 54.5 Å². The maximum Gasteiger partial charge on any atom is 0.226 e. The molecule has 2 saturated carbocycles. The quantitative estimate of drug-likeness (QED) is 0.722. The number of sulfonamides is 1. The van der Waals surface area contributed by atoms with E-state index in [0.717, 1.165) is 31.6 Å². The van der Waals surface area contributed by atoms with Crippen molar-refractivity contribution >= 4 is 15.9 Å². The van der Waals surface area contributed by atoms with Gasteiger partial charge in [0.15, 0.2) is 0 Å². The van der Waals surface area contributed by atoms with Gasteiger partial charge in [-0.05, 0) is 64.2 Å². The Hall–Kier alpha value is -0.620. The fourth-order valence-electron chi connectivity index (χ4n) is 4.62. The number of rotatable bonds is 6. The summed E-state index contributed by atoms with van der Waals surface area (Å²) in [6.45, 7) is 4.97. The van der Waals surface area contributed by atoms with Crippen LogP contribution in [0.1, 0.15) is 71.6 Å². The SMILES string of the molecule is CCC1CCC(N(C(=O)C2CCN(S(=O)(=O)CC)CC2)C2CC2)CC1. The molecule has 1 saturated heterocycles. The van der Waals surface area contributed by atoms with E-state index < -0.39 is 10.0 Å². The minimum Gasteiger partial charge on any atom is -0.336 e. The van der Waals surface area contributed by atoms with Crippen LogP contribution in [0.15, 0.2) is 0 Å². The predicted molar refractivity (Wildman–Crippen MR) is 99.7 cm³/mol. The van der Waals surface area contributed by atoms with E-state index in [1.807, 2.05) is 0 Å². The van der Waals surface area contributed by atoms with E-state index in [1.165, 1.54) is 19.3 Å². The third-order valence-electron chi connectivity index (χ3n) is 6.54. The van der Waals surface area contributed by atoms with Crippen molar-refractivity contribution in [2.45, 2.75) is 83.7 Å². The molecule has 0 aromatic heterocycles. The third kappa shape index (κ3) is 4.38. The summed E-state index contributed by atoms with van der Waals surface area (Å²) in [5.74, 6) is 1.33. The summed E-state index contributed by atoms with van der Waals surface area (Å²) < 4.78 is 25.6. The average Bonchev–Trinajstić information content (AvgIpc) is 3.47. The third-order valence-corrected chi connectivity index (χ3v) is 8.42. The van der Waals surface area contributed by atoms with Gasteiger partial charge in [-0.2, -0.15) is 0 Å². The van der Waals surface area contributed by atoms with Gasteiger partial charge in [-0.25, -0.2) is 12.7 Å². The number of carbonyl (C=O) groups is 1. The fraction of sp³-hybridized carbons (Fsp3) is 0.947. The zero-order valence-corrected chi connectivity index (χ0v) is 16.6. The second kappa shape index (κ2) is 7.95. The van der Waals surface area contributed by atoms with Crippen molar-refractivity contribution in [2.75, 3.05) is 18.8 Å². The molecule has 3 rings (SSSR count). The monoisotopic (exact) mass is 370 g/mol. The number of hydrogen-bond acceptors (Lipinski definition) is 3. The van der Waals surface area contributed by atoms with Crippen molar-refractivity contribution in [3.8, 4) is 0 Å². The molecule has 2 aliphatic carbocycles. The molecule has 5 nitrogen and oxygen atoms in total. The van der Waals surface area contributed by atoms with Crippen LogP contribution in [0.5, 0.6) is 0 Å². The summed E-state index contributed by atoms with van der Waals surface area (Å²) in [7, 11) is -3.12. The second-order valence-electron chi connectivity index (χ2n) is 8.13. The van der Waals surface area contributed by atoms with Gasteiger partial charge >= 0.3 is 0 Å². The number of amides is 1. The highest BCUT2D eigenvalue weighted by Crippen LogP contribution is 2.38. The molecule has 0 unspecified atom stereocenters. The summed E-state index contributed by atoms with van der Waals surface area (Å²) >= 11 is 0. The van der Waals surface area contributed by atoms with Crippen molar-refractivity contribution in [1.82, 2.24) is 9.21 Å². The Morgan fingerprint density at radius 3 is 1.88 bits per heavy atom. The first-order valence-electron chi connectivity index (χ1n) is 10.3. The van der Waals surface area contributed by atoms with Crippen molar-refractivity contribution in [2.24, 2.45) is 11.8 Å². The number of hydrogen-bond donors (Lipinski definition) is 0. The maximum absolute atomic E-state index is 13.2. The molecular formula is C19H34N2O3S. The van der Waals surface area contributed by atoms with Crippen LogP contribution >= 0.6 is 0 Å². The van der Waals surface area contributed by atoms with Crippen LogP contribution in [-0.2, 0) is 14.8 Å². The molecule has 0 aromatic carbocycles. The highest BCUT2D eigenvalue weighted by molar-refractivity contribution is 7.89. The highest BCUT2D eigenvalue weighted by Gasteiger charge is 2.42. The molecule has 1 aliphatic heterocycles. The molecule has 144 valence electrons. The van der Waals surface area contributed by atoms with Gasteiger partial charge in [-0.3, -0.25) is 4.79 Å². The standard InChI is InChI=1S/C19H34N2O3S/c1-3-15-5-7-17(8-6-15)21(18-9-10-18)19(22)16-11-13-20(14-12-16)25(23,24)4-2/h15-18H,3-14H2,1-2H3. The van der Waals surface area contributed by atoms with Gasteiger partial charge in [-0.1, -0.05) is 13.3 Å². The normalized spacial score (nSPS) is 29.5. The van der Waals surface area contributed by atoms with E-state index in [0.29, 0.717) is 43.9 Å². The number of carbonyl (C=O) groups excluding carboxylic acids is 1. The Morgan fingerprint density at radius 1 is 0.920 bits per heavy atom. The first-order chi connectivity index (χ1) is 12.0. The summed E-state index contributed by atoms with van der Waals surface area (Å²) in [6.07, 6.45) is 9.76. The Morgan fingerprint density at radius 2 is 1.44 bits per heavy atom. The Bertz CT molecular complexity index is 557. The van der Waals surface area contributed by atoms with Gasteiger partial charge in [0.25, 0.3) is 0 Å². The minimum absolute atomic E-state index is 0.0211. The largest absolute Gasteiger partial charge is 0.336 e. The highest BCUT2D eigenvalue weighted by atomic mass is 32.2. The zero-order chi connectivity index (χ0) is 18.0. The fourth-order valence-corrected chi connectivity index (χ4v) is 5.75. The molecule has 0 radical (unpaired) electrons. The van der Waals surface area contributed by atoms with Gasteiger partial charge in [0.2, 0.25) is 15.9 Å². The summed E-state index contributed by atoms with van der Waals surface area (Å²) in [5, 5.41) is 0. The van der Waals surface area contributed by atoms with E-state index in [4.69, 9.17) is 0 Å². The molecule has 3 aliphatic rings. The van der Waals surface area contributed by atoms with Crippen LogP contribution in [0.4, 0.5) is 0 Å². The lowest BCUT2D eigenvalue weighted by Crippen LogP contribution is -2.49. The topological polar surface area (TPSA) is 57.7 Å². The second-order valence-corrected chi connectivity index (χ2v) is 10.4. The Kier molecular flexibility index (Phi) is 6.09. The molecular weight excluding hydrogens is 336 g/mol. The van der Waals surface area contributed by atoms with Gasteiger partial charge in [0.1, 0.15) is 0 Å². The van der Waals surface area contributed by atoms with E-state index in [1.54, 1.807) is 11.2 Å². The molecule has 3 fully saturated rings. The summed E-state index contributed by atoms with van der Waals surface area (Å²) in [4.78, 5) is 15.5. The first-order valence-corrected chi connectivity index (χ1v) is 11.9. The lowest BCUT2D eigenvalue weighted by atomic mass is 9.83. The lowest BCUT2D eigenvalue weighted by Gasteiger charge is -2.40. The average molecular weight is 371 g/mol. The first kappa shape index (κ1) is 19.2. The summed E-state index contributed by atoms with van der Waals surface area (Å²) in [6, 6.07) is 0.897. The van der Waals surface area contributed by atoms with E-state index in [-0.39, 0.29) is 11.7 Å². The molecule has 1 amide bonds. The number of piperidine rings is 1. The van der Waals surface area contributed by atoms with Gasteiger partial charge < -0.3 is 4.90 Å².